The third-order valence-corrected chi connectivity index (χ3v) is 6.18. The normalized spacial score (nSPS) is 30.1. The fourth-order valence-electron chi connectivity index (χ4n) is 2.88. The molecule has 0 spiro atoms. The average molecular weight is 300 g/mol. The van der Waals surface area contributed by atoms with E-state index < -0.39 is 10.0 Å². The summed E-state index contributed by atoms with van der Waals surface area (Å²) in [5.41, 5.74) is 1.02. The van der Waals surface area contributed by atoms with Crippen LogP contribution in [-0.4, -0.2) is 31.1 Å². The number of carbonyl (C=O) groups excluding carboxylic acids is 1. The Bertz CT molecular complexity index is 614. The Labute approximate surface area is 117 Å². The van der Waals surface area contributed by atoms with Crippen LogP contribution in [0.15, 0.2) is 29.2 Å². The molecule has 0 radical (unpaired) electrons. The van der Waals surface area contributed by atoms with Gasteiger partial charge < -0.3 is 0 Å². The molecule has 102 valence electrons. The molecule has 1 saturated heterocycles. The summed E-state index contributed by atoms with van der Waals surface area (Å²) in [5, 5.41) is -0.331. The minimum Gasteiger partial charge on any atom is -0.281 e. The SMILES string of the molecule is Cc1ccc(S(=O)(=O)N2CC3C(C2)C3C(=O)Cl)cc1. The molecule has 1 saturated carbocycles. The Balaban J connectivity index is 1.78. The van der Waals surface area contributed by atoms with Crippen LogP contribution in [0.1, 0.15) is 5.56 Å². The number of fused-ring (bicyclic) bond motifs is 1. The van der Waals surface area contributed by atoms with Crippen LogP contribution >= 0.6 is 11.6 Å². The van der Waals surface area contributed by atoms with E-state index in [4.69, 9.17) is 11.6 Å². The van der Waals surface area contributed by atoms with Gasteiger partial charge in [-0.1, -0.05) is 17.7 Å². The highest BCUT2D eigenvalue weighted by Crippen LogP contribution is 2.53. The van der Waals surface area contributed by atoms with Crippen LogP contribution in [0.3, 0.4) is 0 Å². The Hall–Kier alpha value is -0.910. The molecule has 2 aliphatic rings. The van der Waals surface area contributed by atoms with E-state index in [1.165, 1.54) is 4.31 Å². The van der Waals surface area contributed by atoms with Crippen molar-refractivity contribution in [1.82, 2.24) is 4.31 Å². The van der Waals surface area contributed by atoms with Crippen molar-refractivity contribution in [2.75, 3.05) is 13.1 Å². The van der Waals surface area contributed by atoms with Crippen molar-refractivity contribution >= 4 is 26.9 Å². The minimum absolute atomic E-state index is 0.116. The average Bonchev–Trinajstić information content (AvgIpc) is 2.86. The first-order chi connectivity index (χ1) is 8.91. The van der Waals surface area contributed by atoms with E-state index in [0.717, 1.165) is 5.56 Å². The van der Waals surface area contributed by atoms with Gasteiger partial charge in [0.1, 0.15) is 0 Å². The molecule has 2 fully saturated rings. The van der Waals surface area contributed by atoms with Crippen molar-refractivity contribution in [3.05, 3.63) is 29.8 Å². The molecule has 0 aromatic heterocycles. The Morgan fingerprint density at radius 2 is 1.74 bits per heavy atom. The zero-order valence-electron chi connectivity index (χ0n) is 10.4. The van der Waals surface area contributed by atoms with Gasteiger partial charge >= 0.3 is 0 Å². The molecule has 0 amide bonds. The largest absolute Gasteiger partial charge is 0.281 e. The van der Waals surface area contributed by atoms with E-state index in [1.54, 1.807) is 24.3 Å². The monoisotopic (exact) mass is 299 g/mol. The van der Waals surface area contributed by atoms with E-state index in [2.05, 4.69) is 0 Å². The van der Waals surface area contributed by atoms with Gasteiger partial charge in [-0.25, -0.2) is 8.42 Å². The highest BCUT2D eigenvalue weighted by Gasteiger charge is 2.60. The van der Waals surface area contributed by atoms with E-state index in [0.29, 0.717) is 18.0 Å². The lowest BCUT2D eigenvalue weighted by Gasteiger charge is -2.19. The second kappa shape index (κ2) is 4.30. The van der Waals surface area contributed by atoms with E-state index in [1.807, 2.05) is 6.92 Å². The smallest absolute Gasteiger partial charge is 0.243 e. The molecule has 1 aromatic carbocycles. The molecule has 1 aromatic rings. The molecule has 2 atom stereocenters. The summed E-state index contributed by atoms with van der Waals surface area (Å²) in [4.78, 5) is 11.4. The number of aryl methyl sites for hydroxylation is 1. The number of hydrogen-bond donors (Lipinski definition) is 0. The summed E-state index contributed by atoms with van der Waals surface area (Å²) in [6.07, 6.45) is 0. The van der Waals surface area contributed by atoms with Crippen molar-refractivity contribution in [3.8, 4) is 0 Å². The van der Waals surface area contributed by atoms with E-state index in [9.17, 15) is 13.2 Å². The van der Waals surface area contributed by atoms with Gasteiger partial charge in [0.25, 0.3) is 0 Å². The Morgan fingerprint density at radius 1 is 1.21 bits per heavy atom. The van der Waals surface area contributed by atoms with Crippen LogP contribution in [0, 0.1) is 24.7 Å². The van der Waals surface area contributed by atoms with Crippen LogP contribution in [0.5, 0.6) is 0 Å². The first kappa shape index (κ1) is 13.1. The zero-order chi connectivity index (χ0) is 13.8. The molecular formula is C13H14ClNO3S. The number of nitrogens with zero attached hydrogens (tertiary/aromatic N) is 1. The molecule has 1 aliphatic carbocycles. The lowest BCUT2D eigenvalue weighted by Crippen LogP contribution is -2.32. The minimum atomic E-state index is -3.43. The van der Waals surface area contributed by atoms with Gasteiger partial charge in [-0.3, -0.25) is 4.79 Å². The van der Waals surface area contributed by atoms with Gasteiger partial charge in [-0.05, 0) is 42.5 Å². The first-order valence-electron chi connectivity index (χ1n) is 6.17. The predicted molar refractivity (Wildman–Crippen MR) is 71.3 cm³/mol. The third-order valence-electron chi connectivity index (χ3n) is 4.08. The fraction of sp³-hybridized carbons (Fsp3) is 0.462. The highest BCUT2D eigenvalue weighted by molar-refractivity contribution is 7.89. The highest BCUT2D eigenvalue weighted by atomic mass is 35.5. The van der Waals surface area contributed by atoms with Crippen LogP contribution in [-0.2, 0) is 14.8 Å². The maximum absolute atomic E-state index is 12.4. The lowest BCUT2D eigenvalue weighted by molar-refractivity contribution is -0.113. The number of piperidine rings is 1. The zero-order valence-corrected chi connectivity index (χ0v) is 12.0. The molecule has 6 heteroatoms. The summed E-state index contributed by atoms with van der Waals surface area (Å²) in [5.74, 6) is 0.0987. The molecular weight excluding hydrogens is 286 g/mol. The number of benzene rings is 1. The summed E-state index contributed by atoms with van der Waals surface area (Å²) >= 11 is 5.47. The number of rotatable bonds is 3. The van der Waals surface area contributed by atoms with E-state index >= 15 is 0 Å². The van der Waals surface area contributed by atoms with E-state index in [-0.39, 0.29) is 23.0 Å². The topological polar surface area (TPSA) is 54.5 Å². The molecule has 4 nitrogen and oxygen atoms in total. The second-order valence-electron chi connectivity index (χ2n) is 5.29. The van der Waals surface area contributed by atoms with Crippen LogP contribution in [0.2, 0.25) is 0 Å². The number of carbonyl (C=O) groups is 1. The number of halogens is 1. The molecule has 19 heavy (non-hydrogen) atoms. The maximum Gasteiger partial charge on any atom is 0.243 e. The number of sulfonamides is 1. The van der Waals surface area contributed by atoms with Crippen molar-refractivity contribution < 1.29 is 13.2 Å². The Morgan fingerprint density at radius 3 is 2.21 bits per heavy atom. The second-order valence-corrected chi connectivity index (χ2v) is 7.60. The lowest BCUT2D eigenvalue weighted by atomic mass is 10.2. The molecule has 1 heterocycles. The summed E-state index contributed by atoms with van der Waals surface area (Å²) in [6, 6.07) is 6.82. The Kier molecular flexibility index (Phi) is 2.96. The van der Waals surface area contributed by atoms with Crippen molar-refractivity contribution in [2.45, 2.75) is 11.8 Å². The van der Waals surface area contributed by atoms with Gasteiger partial charge in [-0.15, -0.1) is 0 Å². The van der Waals surface area contributed by atoms with Crippen LogP contribution < -0.4 is 0 Å². The number of hydrogen-bond acceptors (Lipinski definition) is 3. The summed E-state index contributed by atoms with van der Waals surface area (Å²) < 4.78 is 26.3. The molecule has 0 N–H and O–H groups in total. The van der Waals surface area contributed by atoms with Crippen LogP contribution in [0.4, 0.5) is 0 Å². The molecule has 3 rings (SSSR count). The van der Waals surface area contributed by atoms with Gasteiger partial charge in [-0.2, -0.15) is 4.31 Å². The van der Waals surface area contributed by atoms with Gasteiger partial charge in [0, 0.05) is 19.0 Å². The fourth-order valence-corrected chi connectivity index (χ4v) is 4.72. The third kappa shape index (κ3) is 2.10. The summed E-state index contributed by atoms with van der Waals surface area (Å²) in [6.45, 7) is 2.73. The predicted octanol–water partition coefficient (Wildman–Crippen LogP) is 1.63. The molecule has 1 aliphatic heterocycles. The van der Waals surface area contributed by atoms with Crippen molar-refractivity contribution in [1.29, 1.82) is 0 Å². The molecule has 0 bridgehead atoms. The standard InChI is InChI=1S/C13H14ClNO3S/c1-8-2-4-9(5-3-8)19(17,18)15-6-10-11(7-15)12(10)13(14)16/h2-5,10-12H,6-7H2,1H3. The first-order valence-corrected chi connectivity index (χ1v) is 7.99. The van der Waals surface area contributed by atoms with Gasteiger partial charge in [0.05, 0.1) is 4.90 Å². The quantitative estimate of drug-likeness (QED) is 0.797. The molecule has 2 unspecified atom stereocenters. The van der Waals surface area contributed by atoms with Crippen molar-refractivity contribution in [3.63, 3.8) is 0 Å². The van der Waals surface area contributed by atoms with Crippen molar-refractivity contribution in [2.24, 2.45) is 17.8 Å². The van der Waals surface area contributed by atoms with Gasteiger partial charge in [0.15, 0.2) is 0 Å². The maximum atomic E-state index is 12.4. The van der Waals surface area contributed by atoms with Crippen LogP contribution in [0.25, 0.3) is 0 Å². The van der Waals surface area contributed by atoms with Gasteiger partial charge in [0.2, 0.25) is 15.3 Å². The summed E-state index contributed by atoms with van der Waals surface area (Å²) in [7, 11) is -3.43.